The molecular weight excluding hydrogens is 300 g/mol. The molecule has 0 spiro atoms. The van der Waals surface area contributed by atoms with E-state index in [0.717, 1.165) is 10.9 Å². The molecule has 124 valence electrons. The lowest BCUT2D eigenvalue weighted by Gasteiger charge is -2.33. The highest BCUT2D eigenvalue weighted by Gasteiger charge is 2.32. The van der Waals surface area contributed by atoms with Crippen molar-refractivity contribution in [1.82, 2.24) is 15.5 Å². The lowest BCUT2D eigenvalue weighted by atomic mass is 10.0. The molecular formula is C15H20N4O4. The van der Waals surface area contributed by atoms with Crippen LogP contribution in [0.2, 0.25) is 0 Å². The monoisotopic (exact) mass is 320 g/mol. The minimum Gasteiger partial charge on any atom is -0.486 e. The van der Waals surface area contributed by atoms with E-state index in [1.807, 2.05) is 19.1 Å². The van der Waals surface area contributed by atoms with Gasteiger partial charge in [0.25, 0.3) is 0 Å². The molecule has 0 radical (unpaired) electrons. The zero-order valence-corrected chi connectivity index (χ0v) is 13.0. The highest BCUT2D eigenvalue weighted by molar-refractivity contribution is 5.86. The fourth-order valence-electron chi connectivity index (χ4n) is 2.67. The maximum Gasteiger partial charge on any atom is 0.407 e. The van der Waals surface area contributed by atoms with Gasteiger partial charge < -0.3 is 25.3 Å². The number of alkyl carbamates (subject to hydrolysis) is 1. The summed E-state index contributed by atoms with van der Waals surface area (Å²) in [4.78, 5) is 11.6. The van der Waals surface area contributed by atoms with Gasteiger partial charge in [0.15, 0.2) is 17.6 Å². The Kier molecular flexibility index (Phi) is 4.24. The summed E-state index contributed by atoms with van der Waals surface area (Å²) in [6, 6.07) is 3.32. The minimum absolute atomic E-state index is 0.106. The van der Waals surface area contributed by atoms with E-state index < -0.39 is 6.09 Å². The average Bonchev–Trinajstić information content (AvgIpc) is 3.02. The summed E-state index contributed by atoms with van der Waals surface area (Å²) in [6.45, 7) is 2.19. The van der Waals surface area contributed by atoms with E-state index in [9.17, 15) is 4.79 Å². The maximum atomic E-state index is 11.6. The number of H-pyrrole nitrogens is 1. The molecule has 8 heteroatoms. The number of hydrogen-bond acceptors (Lipinski definition) is 6. The summed E-state index contributed by atoms with van der Waals surface area (Å²) in [7, 11) is 1.32. The van der Waals surface area contributed by atoms with Gasteiger partial charge in [-0.25, -0.2) is 4.79 Å². The zero-order chi connectivity index (χ0) is 16.4. The van der Waals surface area contributed by atoms with Crippen molar-refractivity contribution in [3.8, 4) is 11.5 Å². The molecule has 1 aromatic heterocycles. The molecule has 2 unspecified atom stereocenters. The third-order valence-electron chi connectivity index (χ3n) is 3.77. The summed E-state index contributed by atoms with van der Waals surface area (Å²) in [5, 5.41) is 10.6. The third kappa shape index (κ3) is 3.16. The van der Waals surface area contributed by atoms with Gasteiger partial charge in [-0.15, -0.1) is 0 Å². The predicted octanol–water partition coefficient (Wildman–Crippen LogP) is 1.16. The van der Waals surface area contributed by atoms with Gasteiger partial charge in [0.2, 0.25) is 0 Å². The molecule has 23 heavy (non-hydrogen) atoms. The van der Waals surface area contributed by atoms with Gasteiger partial charge in [-0.05, 0) is 25.5 Å². The van der Waals surface area contributed by atoms with Crippen molar-refractivity contribution in [3.63, 3.8) is 0 Å². The standard InChI is InChI=1S/C15H20N4O4/c1-8(16)5-10(18-15(20)21-2)12-7-22-11-4-3-9-6-17-19-13(9)14(11)23-12/h3-4,6,8,10,12H,5,7,16H2,1-2H3,(H,17,19)(H,18,20)/t8?,10?,12-/m1/s1. The molecule has 1 aliphatic heterocycles. The largest absolute Gasteiger partial charge is 0.486 e. The number of aromatic amines is 1. The van der Waals surface area contributed by atoms with Crippen molar-refractivity contribution in [2.24, 2.45) is 5.73 Å². The van der Waals surface area contributed by atoms with E-state index in [1.54, 1.807) is 6.20 Å². The van der Waals surface area contributed by atoms with Crippen molar-refractivity contribution < 1.29 is 19.0 Å². The lowest BCUT2D eigenvalue weighted by Crippen LogP contribution is -2.51. The molecule has 3 rings (SSSR count). The van der Waals surface area contributed by atoms with Gasteiger partial charge in [0.1, 0.15) is 12.1 Å². The van der Waals surface area contributed by atoms with Gasteiger partial charge in [-0.1, -0.05) is 0 Å². The van der Waals surface area contributed by atoms with Gasteiger partial charge in [-0.3, -0.25) is 5.10 Å². The number of rotatable bonds is 4. The normalized spacial score (nSPS) is 19.2. The number of nitrogens with one attached hydrogen (secondary N) is 2. The molecule has 0 fully saturated rings. The number of amides is 1. The second-order valence-electron chi connectivity index (χ2n) is 5.65. The van der Waals surface area contributed by atoms with E-state index in [4.69, 9.17) is 15.2 Å². The zero-order valence-electron chi connectivity index (χ0n) is 13.0. The van der Waals surface area contributed by atoms with Crippen LogP contribution in [0.25, 0.3) is 10.9 Å². The fraction of sp³-hybridized carbons (Fsp3) is 0.467. The molecule has 0 saturated carbocycles. The number of methoxy groups -OCH3 is 1. The number of carbonyl (C=O) groups excluding carboxylic acids is 1. The van der Waals surface area contributed by atoms with Crippen LogP contribution in [0, 0.1) is 0 Å². The van der Waals surface area contributed by atoms with Crippen LogP contribution in [0.15, 0.2) is 18.3 Å². The smallest absolute Gasteiger partial charge is 0.407 e. The van der Waals surface area contributed by atoms with Gasteiger partial charge in [-0.2, -0.15) is 5.10 Å². The van der Waals surface area contributed by atoms with Crippen LogP contribution in [0.4, 0.5) is 4.79 Å². The number of nitrogens with two attached hydrogens (primary N) is 1. The summed E-state index contributed by atoms with van der Waals surface area (Å²) < 4.78 is 16.6. The number of fused-ring (bicyclic) bond motifs is 3. The van der Waals surface area contributed by atoms with E-state index in [2.05, 4.69) is 20.3 Å². The van der Waals surface area contributed by atoms with Crippen LogP contribution in [0.5, 0.6) is 11.5 Å². The molecule has 0 saturated heterocycles. The first-order valence-corrected chi connectivity index (χ1v) is 7.44. The molecule has 2 aromatic rings. The van der Waals surface area contributed by atoms with Crippen LogP contribution in [0.1, 0.15) is 13.3 Å². The number of aromatic nitrogens is 2. The Labute approximate surface area is 133 Å². The number of carbonyl (C=O) groups is 1. The Balaban J connectivity index is 1.85. The van der Waals surface area contributed by atoms with Crippen LogP contribution in [-0.2, 0) is 4.74 Å². The van der Waals surface area contributed by atoms with E-state index in [0.29, 0.717) is 24.5 Å². The molecule has 0 aliphatic carbocycles. The first-order chi connectivity index (χ1) is 11.1. The summed E-state index contributed by atoms with van der Waals surface area (Å²) >= 11 is 0. The quantitative estimate of drug-likeness (QED) is 0.779. The Hall–Kier alpha value is -2.48. The molecule has 1 aromatic carbocycles. The summed E-state index contributed by atoms with van der Waals surface area (Å²) in [5.74, 6) is 1.24. The molecule has 3 atom stereocenters. The van der Waals surface area contributed by atoms with Crippen LogP contribution in [-0.4, -0.2) is 48.2 Å². The Morgan fingerprint density at radius 1 is 1.61 bits per heavy atom. The second-order valence-corrected chi connectivity index (χ2v) is 5.65. The first kappa shape index (κ1) is 15.4. The summed E-state index contributed by atoms with van der Waals surface area (Å²) in [5.41, 5.74) is 6.65. The SMILES string of the molecule is COC(=O)NC(CC(C)N)[C@H]1COc2ccc3cn[nH]c3c2O1. The molecule has 2 heterocycles. The van der Waals surface area contributed by atoms with E-state index >= 15 is 0 Å². The van der Waals surface area contributed by atoms with E-state index in [1.165, 1.54) is 7.11 Å². The maximum absolute atomic E-state index is 11.6. The number of benzene rings is 1. The number of nitrogens with zero attached hydrogens (tertiary/aromatic N) is 1. The van der Waals surface area contributed by atoms with Gasteiger partial charge in [0.05, 0.1) is 19.3 Å². The minimum atomic E-state index is -0.523. The molecule has 8 nitrogen and oxygen atoms in total. The predicted molar refractivity (Wildman–Crippen MR) is 83.6 cm³/mol. The summed E-state index contributed by atoms with van der Waals surface area (Å²) in [6.07, 6.45) is 1.36. The van der Waals surface area contributed by atoms with Crippen molar-refractivity contribution in [1.29, 1.82) is 0 Å². The topological polar surface area (TPSA) is 111 Å². The Morgan fingerprint density at radius 2 is 2.43 bits per heavy atom. The van der Waals surface area contributed by atoms with Crippen LogP contribution >= 0.6 is 0 Å². The lowest BCUT2D eigenvalue weighted by molar-refractivity contribution is 0.0576. The van der Waals surface area contributed by atoms with Crippen molar-refractivity contribution in [3.05, 3.63) is 18.3 Å². The van der Waals surface area contributed by atoms with Crippen LogP contribution < -0.4 is 20.5 Å². The van der Waals surface area contributed by atoms with Crippen molar-refractivity contribution in [2.45, 2.75) is 31.5 Å². The first-order valence-electron chi connectivity index (χ1n) is 7.44. The Bertz CT molecular complexity index is 700. The fourth-order valence-corrected chi connectivity index (χ4v) is 2.67. The van der Waals surface area contributed by atoms with Crippen LogP contribution in [0.3, 0.4) is 0 Å². The second kappa shape index (κ2) is 6.33. The number of ether oxygens (including phenoxy) is 3. The molecule has 1 amide bonds. The highest BCUT2D eigenvalue weighted by Crippen LogP contribution is 2.38. The molecule has 1 aliphatic rings. The van der Waals surface area contributed by atoms with Crippen molar-refractivity contribution in [2.75, 3.05) is 13.7 Å². The third-order valence-corrected chi connectivity index (χ3v) is 3.77. The van der Waals surface area contributed by atoms with Gasteiger partial charge in [0, 0.05) is 11.4 Å². The highest BCUT2D eigenvalue weighted by atomic mass is 16.6. The number of hydrogen-bond donors (Lipinski definition) is 3. The van der Waals surface area contributed by atoms with Gasteiger partial charge >= 0.3 is 6.09 Å². The molecule has 4 N–H and O–H groups in total. The van der Waals surface area contributed by atoms with E-state index in [-0.39, 0.29) is 18.2 Å². The molecule has 0 bridgehead atoms. The average molecular weight is 320 g/mol. The Morgan fingerprint density at radius 3 is 3.17 bits per heavy atom. The van der Waals surface area contributed by atoms with Crippen molar-refractivity contribution >= 4 is 17.0 Å².